The number of rotatable bonds is 7. The van der Waals surface area contributed by atoms with Crippen molar-refractivity contribution in [1.29, 1.82) is 0 Å². The molecule has 0 aliphatic rings. The molecule has 35 heavy (non-hydrogen) atoms. The highest BCUT2D eigenvalue weighted by Crippen LogP contribution is 2.15. The van der Waals surface area contributed by atoms with Crippen molar-refractivity contribution in [1.82, 2.24) is 5.32 Å². The Morgan fingerprint density at radius 3 is 1.74 bits per heavy atom. The molecule has 0 bridgehead atoms. The quantitative estimate of drug-likeness (QED) is 0.417. The number of hydrogen-bond donors (Lipinski definition) is 2. The maximum absolute atomic E-state index is 10.9. The van der Waals surface area contributed by atoms with Crippen LogP contribution in [0.15, 0.2) is 54.6 Å². The number of phenols is 1. The van der Waals surface area contributed by atoms with Crippen molar-refractivity contribution in [3.63, 3.8) is 0 Å². The first-order chi connectivity index (χ1) is 16.5. The number of benzene rings is 2. The number of aromatic hydroxyl groups is 1. The Bertz CT molecular complexity index is 728. The molecular weight excluding hydrogens is 438 g/mol. The van der Waals surface area contributed by atoms with Gasteiger partial charge in [0.1, 0.15) is 18.1 Å². The van der Waals surface area contributed by atoms with E-state index < -0.39 is 0 Å². The standard InChI is InChI=1S/C9H19NO.C9H10O3.C7H8.C3H8.C2H6/c1-5-9(11)10-8(4)6-7(2)3;1-7(10)6-12-9-4-2-8(11)3-5-9;1-7-5-3-2-4-6-7;1-3-2;1-2/h7-8H,5-6H2,1-4H3,(H,10,11);2-5,11H,6H2,1H3;2-6H,1H3;3H2,1-2H3;1-2H3. The molecule has 2 N–H and O–H groups in total. The molecule has 2 aromatic carbocycles. The summed E-state index contributed by atoms with van der Waals surface area (Å²) >= 11 is 0. The highest BCUT2D eigenvalue weighted by atomic mass is 16.5. The first kappa shape index (κ1) is 36.7. The largest absolute Gasteiger partial charge is 0.508 e. The fraction of sp³-hybridized carbons (Fsp3) is 0.533. The third kappa shape index (κ3) is 29.1. The molecule has 2 rings (SSSR count). The Morgan fingerprint density at radius 1 is 0.914 bits per heavy atom. The molecule has 0 aromatic heterocycles. The van der Waals surface area contributed by atoms with Gasteiger partial charge in [-0.05, 0) is 57.4 Å². The predicted molar refractivity (Wildman–Crippen MR) is 150 cm³/mol. The van der Waals surface area contributed by atoms with E-state index in [9.17, 15) is 9.59 Å². The van der Waals surface area contributed by atoms with Gasteiger partial charge in [-0.1, -0.05) is 90.8 Å². The molecule has 0 heterocycles. The zero-order valence-electron chi connectivity index (χ0n) is 23.9. The van der Waals surface area contributed by atoms with Crippen LogP contribution in [0.1, 0.15) is 87.1 Å². The van der Waals surface area contributed by atoms with E-state index >= 15 is 0 Å². The topological polar surface area (TPSA) is 75.6 Å². The average molecular weight is 490 g/mol. The molecule has 0 saturated carbocycles. The smallest absolute Gasteiger partial charge is 0.219 e. The van der Waals surface area contributed by atoms with Crippen LogP contribution in [0.2, 0.25) is 0 Å². The van der Waals surface area contributed by atoms with Crippen LogP contribution in [0.25, 0.3) is 0 Å². The maximum atomic E-state index is 10.9. The normalized spacial score (nSPS) is 9.80. The Kier molecular flexibility index (Phi) is 27.1. The van der Waals surface area contributed by atoms with Crippen LogP contribution >= 0.6 is 0 Å². The minimum atomic E-state index is -0.0249. The zero-order chi connectivity index (χ0) is 27.6. The summed E-state index contributed by atoms with van der Waals surface area (Å²) in [5, 5.41) is 11.8. The second-order valence-corrected chi connectivity index (χ2v) is 8.30. The van der Waals surface area contributed by atoms with Crippen LogP contribution in [0.4, 0.5) is 0 Å². The number of nitrogens with one attached hydrogen (secondary N) is 1. The molecule has 5 nitrogen and oxygen atoms in total. The maximum Gasteiger partial charge on any atom is 0.219 e. The summed E-state index contributed by atoms with van der Waals surface area (Å²) < 4.78 is 5.06. The van der Waals surface area contributed by atoms with Crippen LogP contribution < -0.4 is 10.1 Å². The monoisotopic (exact) mass is 489 g/mol. The molecule has 1 atom stereocenters. The summed E-state index contributed by atoms with van der Waals surface area (Å²) in [7, 11) is 0. The Hall–Kier alpha value is -2.82. The van der Waals surface area contributed by atoms with E-state index in [1.807, 2.05) is 45.9 Å². The highest BCUT2D eigenvalue weighted by molar-refractivity contribution is 5.77. The van der Waals surface area contributed by atoms with Crippen LogP contribution in [-0.2, 0) is 9.59 Å². The molecule has 1 unspecified atom stereocenters. The van der Waals surface area contributed by atoms with Gasteiger partial charge in [-0.15, -0.1) is 0 Å². The van der Waals surface area contributed by atoms with E-state index in [1.54, 1.807) is 12.1 Å². The van der Waals surface area contributed by atoms with Gasteiger partial charge in [-0.2, -0.15) is 0 Å². The lowest BCUT2D eigenvalue weighted by Gasteiger charge is -2.14. The van der Waals surface area contributed by atoms with Crippen molar-refractivity contribution in [3.05, 3.63) is 60.2 Å². The van der Waals surface area contributed by atoms with Crippen molar-refractivity contribution in [2.45, 2.75) is 94.5 Å². The number of carbonyl (C=O) groups excluding carboxylic acids is 2. The lowest BCUT2D eigenvalue weighted by Crippen LogP contribution is -2.32. The highest BCUT2D eigenvalue weighted by Gasteiger charge is 2.06. The number of ketones is 1. The molecule has 0 spiro atoms. The Morgan fingerprint density at radius 2 is 1.40 bits per heavy atom. The van der Waals surface area contributed by atoms with Gasteiger partial charge < -0.3 is 15.2 Å². The zero-order valence-corrected chi connectivity index (χ0v) is 23.9. The van der Waals surface area contributed by atoms with Crippen LogP contribution in [-0.4, -0.2) is 29.4 Å². The van der Waals surface area contributed by atoms with Crippen molar-refractivity contribution >= 4 is 11.7 Å². The summed E-state index contributed by atoms with van der Waals surface area (Å²) in [6.45, 7) is 20.1. The van der Waals surface area contributed by atoms with Gasteiger partial charge in [0.05, 0.1) is 0 Å². The second-order valence-electron chi connectivity index (χ2n) is 8.30. The fourth-order valence-corrected chi connectivity index (χ4v) is 2.40. The SMILES string of the molecule is CC.CC(=O)COc1ccc(O)cc1.CCC.CCC(=O)NC(C)CC(C)C.Cc1ccccc1. The first-order valence-electron chi connectivity index (χ1n) is 12.8. The molecule has 5 heteroatoms. The molecule has 1 amide bonds. The number of aryl methyl sites for hydroxylation is 1. The number of Topliss-reactive ketones (excluding diaryl/α,β-unsaturated/α-hetero) is 1. The van der Waals surface area contributed by atoms with E-state index in [1.165, 1.54) is 31.0 Å². The van der Waals surface area contributed by atoms with Gasteiger partial charge in [-0.25, -0.2) is 0 Å². The van der Waals surface area contributed by atoms with E-state index in [4.69, 9.17) is 9.84 Å². The predicted octanol–water partition coefficient (Wildman–Crippen LogP) is 7.74. The van der Waals surface area contributed by atoms with Gasteiger partial charge >= 0.3 is 0 Å². The van der Waals surface area contributed by atoms with E-state index in [0.29, 0.717) is 24.1 Å². The lowest BCUT2D eigenvalue weighted by molar-refractivity contribution is -0.121. The third-order valence-corrected chi connectivity index (χ3v) is 3.77. The van der Waals surface area contributed by atoms with Gasteiger partial charge in [0.15, 0.2) is 5.78 Å². The number of amides is 1. The molecule has 200 valence electrons. The van der Waals surface area contributed by atoms with Crippen molar-refractivity contribution < 1.29 is 19.4 Å². The molecule has 0 radical (unpaired) electrons. The molecule has 0 saturated heterocycles. The second kappa shape index (κ2) is 25.8. The first-order valence-corrected chi connectivity index (χ1v) is 12.8. The summed E-state index contributed by atoms with van der Waals surface area (Å²) in [6.07, 6.45) is 2.90. The number of carbonyl (C=O) groups is 2. The summed E-state index contributed by atoms with van der Waals surface area (Å²) in [5.41, 5.74) is 1.32. The number of phenolic OH excluding ortho intramolecular Hbond substituents is 1. The molecule has 0 fully saturated rings. The minimum absolute atomic E-state index is 0.0249. The molecule has 2 aromatic rings. The lowest BCUT2D eigenvalue weighted by atomic mass is 10.1. The molecule has 0 aliphatic carbocycles. The van der Waals surface area contributed by atoms with Crippen LogP contribution in [0.3, 0.4) is 0 Å². The van der Waals surface area contributed by atoms with Gasteiger partial charge in [0.25, 0.3) is 0 Å². The van der Waals surface area contributed by atoms with Gasteiger partial charge in [-0.3, -0.25) is 9.59 Å². The molecular formula is C30H51NO4. The fourth-order valence-electron chi connectivity index (χ4n) is 2.40. The van der Waals surface area contributed by atoms with Crippen LogP contribution in [0, 0.1) is 12.8 Å². The number of hydrogen-bond acceptors (Lipinski definition) is 4. The van der Waals surface area contributed by atoms with E-state index in [0.717, 1.165) is 6.42 Å². The minimum Gasteiger partial charge on any atom is -0.508 e. The van der Waals surface area contributed by atoms with Crippen molar-refractivity contribution in [3.8, 4) is 11.5 Å². The summed E-state index contributed by atoms with van der Waals surface area (Å²) in [4.78, 5) is 21.4. The van der Waals surface area contributed by atoms with Gasteiger partial charge in [0, 0.05) is 12.5 Å². The van der Waals surface area contributed by atoms with Crippen LogP contribution in [0.5, 0.6) is 11.5 Å². The van der Waals surface area contributed by atoms with E-state index in [2.05, 4.69) is 52.1 Å². The van der Waals surface area contributed by atoms with E-state index in [-0.39, 0.29) is 24.0 Å². The van der Waals surface area contributed by atoms with Gasteiger partial charge in [0.2, 0.25) is 5.91 Å². The molecule has 0 aliphatic heterocycles. The van der Waals surface area contributed by atoms with Crippen molar-refractivity contribution in [2.75, 3.05) is 6.61 Å². The Labute approximate surface area is 215 Å². The van der Waals surface area contributed by atoms with Crippen molar-refractivity contribution in [2.24, 2.45) is 5.92 Å². The summed E-state index contributed by atoms with van der Waals surface area (Å²) in [5.74, 6) is 1.55. The summed E-state index contributed by atoms with van der Waals surface area (Å²) in [6, 6.07) is 16.8. The average Bonchev–Trinajstić information content (AvgIpc) is 2.81. The number of ether oxygens (including phenoxy) is 1. The Balaban J connectivity index is -0.000000410. The third-order valence-electron chi connectivity index (χ3n) is 3.77.